The van der Waals surface area contributed by atoms with Crippen LogP contribution in [0.4, 0.5) is 5.69 Å². The maximum absolute atomic E-state index is 13.6. The molecule has 3 rings (SSSR count). The highest BCUT2D eigenvalue weighted by molar-refractivity contribution is 7.92. The standard InChI is InChI=1S/C28H44N4O6S/c1-5-6-7-8-9-14-24(33)38-19-22(30-26(35)27(2,3)29)25(34)31-17-15-28(16-18-31)20-32(39(4,36)37)23-13-11-10-12-21(23)28/h10-13,22H,5-9,14-20,29H2,1-4H3,(H,30,35)/t22-/m1/s1. The molecule has 1 saturated heterocycles. The minimum Gasteiger partial charge on any atom is -0.463 e. The highest BCUT2D eigenvalue weighted by atomic mass is 32.2. The van der Waals surface area contributed by atoms with Gasteiger partial charge in [0.15, 0.2) is 0 Å². The van der Waals surface area contributed by atoms with Gasteiger partial charge < -0.3 is 20.7 Å². The van der Waals surface area contributed by atoms with Gasteiger partial charge in [0, 0.05) is 31.5 Å². The molecule has 11 heteroatoms. The van der Waals surface area contributed by atoms with E-state index >= 15 is 0 Å². The number of esters is 1. The van der Waals surface area contributed by atoms with Crippen LogP contribution >= 0.6 is 0 Å². The van der Waals surface area contributed by atoms with Crippen molar-refractivity contribution in [2.24, 2.45) is 5.73 Å². The van der Waals surface area contributed by atoms with Crippen LogP contribution in [0.2, 0.25) is 0 Å². The van der Waals surface area contributed by atoms with Crippen LogP contribution in [0, 0.1) is 0 Å². The van der Waals surface area contributed by atoms with E-state index in [1.165, 1.54) is 10.6 Å². The van der Waals surface area contributed by atoms with Crippen molar-refractivity contribution in [1.82, 2.24) is 10.2 Å². The molecule has 2 aliphatic rings. The smallest absolute Gasteiger partial charge is 0.305 e. The number of hydrogen-bond acceptors (Lipinski definition) is 7. The van der Waals surface area contributed by atoms with E-state index in [1.807, 2.05) is 24.3 Å². The number of hydrogen-bond donors (Lipinski definition) is 2. The summed E-state index contributed by atoms with van der Waals surface area (Å²) in [6, 6.07) is 6.46. The molecular formula is C28H44N4O6S. The fraction of sp³-hybridized carbons (Fsp3) is 0.679. The van der Waals surface area contributed by atoms with E-state index in [0.717, 1.165) is 37.7 Å². The number of benzene rings is 1. The number of fused-ring (bicyclic) bond motifs is 2. The molecule has 218 valence electrons. The lowest BCUT2D eigenvalue weighted by atomic mass is 9.74. The maximum atomic E-state index is 13.6. The second-order valence-corrected chi connectivity index (χ2v) is 13.4. The number of amides is 2. The van der Waals surface area contributed by atoms with Crippen LogP contribution in [0.5, 0.6) is 0 Å². The van der Waals surface area contributed by atoms with E-state index in [9.17, 15) is 22.8 Å². The molecule has 3 N–H and O–H groups in total. The van der Waals surface area contributed by atoms with Gasteiger partial charge in [-0.3, -0.25) is 18.7 Å². The van der Waals surface area contributed by atoms with Gasteiger partial charge in [0.05, 0.1) is 17.5 Å². The molecule has 10 nitrogen and oxygen atoms in total. The van der Waals surface area contributed by atoms with Crippen LogP contribution in [-0.4, -0.2) is 75.2 Å². The van der Waals surface area contributed by atoms with E-state index in [2.05, 4.69) is 12.2 Å². The molecule has 1 fully saturated rings. The van der Waals surface area contributed by atoms with Gasteiger partial charge in [0.2, 0.25) is 21.8 Å². The average molecular weight is 565 g/mol. The monoisotopic (exact) mass is 564 g/mol. The van der Waals surface area contributed by atoms with Crippen molar-refractivity contribution < 1.29 is 27.5 Å². The Hall–Kier alpha value is -2.66. The van der Waals surface area contributed by atoms with Crippen LogP contribution in [0.15, 0.2) is 24.3 Å². The van der Waals surface area contributed by atoms with Gasteiger partial charge in [-0.1, -0.05) is 50.8 Å². The number of carbonyl (C=O) groups excluding carboxylic acids is 3. The highest BCUT2D eigenvalue weighted by Crippen LogP contribution is 2.47. The first kappa shape index (κ1) is 30.9. The van der Waals surface area contributed by atoms with E-state index in [0.29, 0.717) is 38.2 Å². The molecule has 0 radical (unpaired) electrons. The normalized spacial score (nSPS) is 17.6. The number of unbranched alkanes of at least 4 members (excludes halogenated alkanes) is 4. The number of nitrogens with one attached hydrogen (secondary N) is 1. The van der Waals surface area contributed by atoms with Crippen molar-refractivity contribution in [3.05, 3.63) is 29.8 Å². The molecular weight excluding hydrogens is 520 g/mol. The van der Waals surface area contributed by atoms with Crippen LogP contribution in [0.1, 0.15) is 77.7 Å². The molecule has 0 aliphatic carbocycles. The summed E-state index contributed by atoms with van der Waals surface area (Å²) in [5.41, 5.74) is 6.01. The number of carbonyl (C=O) groups is 3. The lowest BCUT2D eigenvalue weighted by Crippen LogP contribution is -2.59. The Kier molecular flexibility index (Phi) is 10.0. The minimum absolute atomic E-state index is 0.263. The van der Waals surface area contributed by atoms with Crippen molar-refractivity contribution >= 4 is 33.5 Å². The van der Waals surface area contributed by atoms with Crippen molar-refractivity contribution in [2.45, 2.75) is 89.1 Å². The number of anilines is 1. The zero-order valence-corrected chi connectivity index (χ0v) is 24.5. The van der Waals surface area contributed by atoms with Crippen molar-refractivity contribution in [3.63, 3.8) is 0 Å². The predicted molar refractivity (Wildman–Crippen MR) is 151 cm³/mol. The number of nitrogens with two attached hydrogens (primary N) is 1. The second-order valence-electron chi connectivity index (χ2n) is 11.5. The lowest BCUT2D eigenvalue weighted by molar-refractivity contribution is -0.149. The molecule has 1 atom stereocenters. The molecule has 0 bridgehead atoms. The second kappa shape index (κ2) is 12.7. The van der Waals surface area contributed by atoms with Crippen LogP contribution in [0.3, 0.4) is 0 Å². The first-order chi connectivity index (χ1) is 18.3. The first-order valence-electron chi connectivity index (χ1n) is 13.9. The Morgan fingerprint density at radius 1 is 1.10 bits per heavy atom. The zero-order valence-electron chi connectivity index (χ0n) is 23.7. The molecule has 1 spiro atoms. The van der Waals surface area contributed by atoms with Gasteiger partial charge in [0.25, 0.3) is 0 Å². The summed E-state index contributed by atoms with van der Waals surface area (Å²) >= 11 is 0. The van der Waals surface area contributed by atoms with E-state index < -0.39 is 38.9 Å². The minimum atomic E-state index is -3.44. The fourth-order valence-electron chi connectivity index (χ4n) is 5.32. The van der Waals surface area contributed by atoms with Gasteiger partial charge in [-0.25, -0.2) is 8.42 Å². The number of sulfonamides is 1. The van der Waals surface area contributed by atoms with Crippen molar-refractivity contribution in [1.29, 1.82) is 0 Å². The molecule has 2 aliphatic heterocycles. The molecule has 0 saturated carbocycles. The third kappa shape index (κ3) is 7.72. The summed E-state index contributed by atoms with van der Waals surface area (Å²) in [7, 11) is -3.44. The van der Waals surface area contributed by atoms with Gasteiger partial charge in [-0.2, -0.15) is 0 Å². The van der Waals surface area contributed by atoms with Crippen molar-refractivity contribution in [2.75, 3.05) is 36.8 Å². The van der Waals surface area contributed by atoms with Gasteiger partial charge in [-0.05, 0) is 44.7 Å². The van der Waals surface area contributed by atoms with Crippen molar-refractivity contribution in [3.8, 4) is 0 Å². The Labute approximate surface area is 232 Å². The first-order valence-corrected chi connectivity index (χ1v) is 15.7. The molecule has 39 heavy (non-hydrogen) atoms. The average Bonchev–Trinajstić information content (AvgIpc) is 3.20. The van der Waals surface area contributed by atoms with E-state index in [4.69, 9.17) is 10.5 Å². The summed E-state index contributed by atoms with van der Waals surface area (Å²) in [5.74, 6) is -1.26. The van der Waals surface area contributed by atoms with Crippen LogP contribution in [-0.2, 0) is 34.6 Å². The third-order valence-electron chi connectivity index (χ3n) is 7.71. The topological polar surface area (TPSA) is 139 Å². The summed E-state index contributed by atoms with van der Waals surface area (Å²) in [4.78, 5) is 40.2. The zero-order chi connectivity index (χ0) is 28.8. The largest absolute Gasteiger partial charge is 0.463 e. The quantitative estimate of drug-likeness (QED) is 0.294. The summed E-state index contributed by atoms with van der Waals surface area (Å²) in [5, 5.41) is 2.68. The Balaban J connectivity index is 1.66. The third-order valence-corrected chi connectivity index (χ3v) is 8.83. The number of nitrogens with zero attached hydrogens (tertiary/aromatic N) is 2. The number of ether oxygens (including phenoxy) is 1. The van der Waals surface area contributed by atoms with Crippen LogP contribution < -0.4 is 15.4 Å². The maximum Gasteiger partial charge on any atom is 0.305 e. The molecule has 0 aromatic heterocycles. The van der Waals surface area contributed by atoms with Crippen LogP contribution in [0.25, 0.3) is 0 Å². The summed E-state index contributed by atoms with van der Waals surface area (Å²) in [6.45, 7) is 6.06. The fourth-order valence-corrected chi connectivity index (χ4v) is 6.32. The van der Waals surface area contributed by atoms with E-state index in [-0.39, 0.29) is 18.9 Å². The Bertz CT molecular complexity index is 1140. The highest BCUT2D eigenvalue weighted by Gasteiger charge is 2.48. The predicted octanol–water partition coefficient (Wildman–Crippen LogP) is 2.45. The number of likely N-dealkylation sites (tertiary alicyclic amines) is 1. The van der Waals surface area contributed by atoms with Gasteiger partial charge in [-0.15, -0.1) is 0 Å². The molecule has 2 amide bonds. The SMILES string of the molecule is CCCCCCCC(=O)OC[C@@H](NC(=O)C(C)(C)N)C(=O)N1CCC2(CC1)CN(S(C)(=O)=O)c1ccccc12. The summed E-state index contributed by atoms with van der Waals surface area (Å²) < 4.78 is 31.8. The number of rotatable bonds is 12. The lowest BCUT2D eigenvalue weighted by Gasteiger charge is -2.41. The molecule has 1 aromatic carbocycles. The Morgan fingerprint density at radius 3 is 2.36 bits per heavy atom. The number of para-hydroxylation sites is 1. The van der Waals surface area contributed by atoms with E-state index in [1.54, 1.807) is 18.7 Å². The van der Waals surface area contributed by atoms with Gasteiger partial charge in [0.1, 0.15) is 12.6 Å². The Morgan fingerprint density at radius 2 is 1.74 bits per heavy atom. The number of piperidine rings is 1. The van der Waals surface area contributed by atoms with Gasteiger partial charge >= 0.3 is 5.97 Å². The molecule has 2 heterocycles. The summed E-state index contributed by atoms with van der Waals surface area (Å²) in [6.07, 6.45) is 7.59. The molecule has 0 unspecified atom stereocenters. The molecule has 1 aromatic rings.